The zero-order valence-corrected chi connectivity index (χ0v) is 9.95. The molecule has 1 unspecified atom stereocenters. The monoisotopic (exact) mass is 252 g/mol. The van der Waals surface area contributed by atoms with E-state index in [0.29, 0.717) is 24.0 Å². The Morgan fingerprint density at radius 1 is 1.39 bits per heavy atom. The molecule has 0 aliphatic heterocycles. The smallest absolute Gasteiger partial charge is 0.152 e. The number of nitrogens with zero attached hydrogens (tertiary/aromatic N) is 1. The number of nitrogens with one attached hydrogen (secondary N) is 1. The Balaban J connectivity index is 2.33. The van der Waals surface area contributed by atoms with Crippen LogP contribution in [0.25, 0.3) is 10.9 Å². The highest BCUT2D eigenvalue weighted by Gasteiger charge is 2.08. The van der Waals surface area contributed by atoms with Crippen LogP contribution in [-0.4, -0.2) is 22.7 Å². The number of anilines is 1. The van der Waals surface area contributed by atoms with Crippen LogP contribution in [0.2, 0.25) is 0 Å². The number of hydrogen-bond acceptors (Lipinski definition) is 3. The van der Waals surface area contributed by atoms with E-state index in [9.17, 15) is 8.78 Å². The average Bonchev–Trinajstić information content (AvgIpc) is 2.29. The van der Waals surface area contributed by atoms with Crippen molar-refractivity contribution in [1.29, 1.82) is 0 Å². The SMILES string of the molecule is CC(O)CCNc1ccnc2c(F)cc(F)cc12. The Hall–Kier alpha value is -1.75. The highest BCUT2D eigenvalue weighted by Crippen LogP contribution is 2.24. The van der Waals surface area contributed by atoms with Gasteiger partial charge in [0.05, 0.1) is 6.10 Å². The fraction of sp³-hybridized carbons (Fsp3) is 0.308. The predicted molar refractivity (Wildman–Crippen MR) is 66.4 cm³/mol. The molecule has 0 aliphatic rings. The normalized spacial score (nSPS) is 12.7. The zero-order valence-electron chi connectivity index (χ0n) is 9.95. The fourth-order valence-electron chi connectivity index (χ4n) is 1.75. The molecule has 2 rings (SSSR count). The first-order valence-corrected chi connectivity index (χ1v) is 5.73. The van der Waals surface area contributed by atoms with Gasteiger partial charge in [0, 0.05) is 29.9 Å². The number of aliphatic hydroxyl groups is 1. The van der Waals surface area contributed by atoms with Crippen LogP contribution in [0.4, 0.5) is 14.5 Å². The van der Waals surface area contributed by atoms with Crippen molar-refractivity contribution in [3.63, 3.8) is 0 Å². The van der Waals surface area contributed by atoms with Crippen LogP contribution in [0.5, 0.6) is 0 Å². The van der Waals surface area contributed by atoms with E-state index in [1.807, 2.05) is 0 Å². The Kier molecular flexibility index (Phi) is 3.72. The summed E-state index contributed by atoms with van der Waals surface area (Å²) in [5, 5.41) is 12.6. The van der Waals surface area contributed by atoms with E-state index in [2.05, 4.69) is 10.3 Å². The van der Waals surface area contributed by atoms with Gasteiger partial charge in [-0.2, -0.15) is 0 Å². The molecule has 1 aromatic heterocycles. The maximum atomic E-state index is 13.5. The summed E-state index contributed by atoms with van der Waals surface area (Å²) in [5.41, 5.74) is 0.748. The van der Waals surface area contributed by atoms with Crippen molar-refractivity contribution >= 4 is 16.6 Å². The van der Waals surface area contributed by atoms with E-state index in [1.165, 1.54) is 12.3 Å². The van der Waals surface area contributed by atoms with Gasteiger partial charge >= 0.3 is 0 Å². The first-order valence-electron chi connectivity index (χ1n) is 5.73. The molecule has 1 aromatic carbocycles. The third kappa shape index (κ3) is 2.73. The van der Waals surface area contributed by atoms with Gasteiger partial charge in [-0.3, -0.25) is 4.98 Å². The Bertz CT molecular complexity index is 558. The van der Waals surface area contributed by atoms with Crippen LogP contribution in [0, 0.1) is 11.6 Å². The lowest BCUT2D eigenvalue weighted by atomic mass is 10.1. The first kappa shape index (κ1) is 12.7. The fourth-order valence-corrected chi connectivity index (χ4v) is 1.75. The van der Waals surface area contributed by atoms with Crippen LogP contribution < -0.4 is 5.32 Å². The van der Waals surface area contributed by atoms with E-state index in [1.54, 1.807) is 13.0 Å². The molecular formula is C13H14F2N2O. The molecule has 2 N–H and O–H groups in total. The van der Waals surface area contributed by atoms with Crippen LogP contribution in [0.1, 0.15) is 13.3 Å². The third-order valence-corrected chi connectivity index (χ3v) is 2.64. The van der Waals surface area contributed by atoms with Gasteiger partial charge in [0.25, 0.3) is 0 Å². The van der Waals surface area contributed by atoms with Crippen molar-refractivity contribution in [2.45, 2.75) is 19.4 Å². The van der Waals surface area contributed by atoms with Gasteiger partial charge in [0.2, 0.25) is 0 Å². The number of aromatic nitrogens is 1. The molecule has 0 spiro atoms. The second-order valence-corrected chi connectivity index (χ2v) is 4.21. The maximum Gasteiger partial charge on any atom is 0.152 e. The largest absolute Gasteiger partial charge is 0.393 e. The van der Waals surface area contributed by atoms with Crippen LogP contribution in [0.15, 0.2) is 24.4 Å². The lowest BCUT2D eigenvalue weighted by Crippen LogP contribution is -2.10. The van der Waals surface area contributed by atoms with Crippen molar-refractivity contribution < 1.29 is 13.9 Å². The number of hydrogen-bond donors (Lipinski definition) is 2. The van der Waals surface area contributed by atoms with Crippen molar-refractivity contribution in [2.24, 2.45) is 0 Å². The van der Waals surface area contributed by atoms with Gasteiger partial charge in [-0.15, -0.1) is 0 Å². The number of fused-ring (bicyclic) bond motifs is 1. The Morgan fingerprint density at radius 3 is 2.89 bits per heavy atom. The van der Waals surface area contributed by atoms with Crippen LogP contribution >= 0.6 is 0 Å². The lowest BCUT2D eigenvalue weighted by Gasteiger charge is -2.10. The van der Waals surface area contributed by atoms with Gasteiger partial charge in [-0.05, 0) is 25.5 Å². The Morgan fingerprint density at radius 2 is 2.17 bits per heavy atom. The quantitative estimate of drug-likeness (QED) is 0.879. The van der Waals surface area contributed by atoms with Gasteiger partial charge < -0.3 is 10.4 Å². The second-order valence-electron chi connectivity index (χ2n) is 4.21. The summed E-state index contributed by atoms with van der Waals surface area (Å²) in [5.74, 6) is -1.31. The minimum atomic E-state index is -0.677. The lowest BCUT2D eigenvalue weighted by molar-refractivity contribution is 0.189. The third-order valence-electron chi connectivity index (χ3n) is 2.64. The molecule has 0 fully saturated rings. The standard InChI is InChI=1S/C13H14F2N2O/c1-8(18)2-4-16-12-3-5-17-13-10(12)6-9(14)7-11(13)15/h3,5-8,18H,2,4H2,1H3,(H,16,17). The molecule has 18 heavy (non-hydrogen) atoms. The minimum Gasteiger partial charge on any atom is -0.393 e. The molecule has 5 heteroatoms. The molecule has 2 aromatic rings. The second kappa shape index (κ2) is 5.27. The van der Waals surface area contributed by atoms with Crippen molar-refractivity contribution in [3.05, 3.63) is 36.0 Å². The summed E-state index contributed by atoms with van der Waals surface area (Å²) in [4.78, 5) is 3.89. The molecule has 0 aliphatic carbocycles. The summed E-state index contributed by atoms with van der Waals surface area (Å²) in [6.07, 6.45) is 1.61. The van der Waals surface area contributed by atoms with Crippen molar-refractivity contribution in [3.8, 4) is 0 Å². The molecule has 0 amide bonds. The van der Waals surface area contributed by atoms with Gasteiger partial charge in [-0.25, -0.2) is 8.78 Å². The molecule has 0 bridgehead atoms. The van der Waals surface area contributed by atoms with E-state index >= 15 is 0 Å². The zero-order chi connectivity index (χ0) is 13.1. The Labute approximate surface area is 103 Å². The highest BCUT2D eigenvalue weighted by molar-refractivity contribution is 5.91. The summed E-state index contributed by atoms with van der Waals surface area (Å²) in [7, 11) is 0. The van der Waals surface area contributed by atoms with Crippen LogP contribution in [0.3, 0.4) is 0 Å². The van der Waals surface area contributed by atoms with E-state index < -0.39 is 17.7 Å². The maximum absolute atomic E-state index is 13.5. The van der Waals surface area contributed by atoms with Crippen molar-refractivity contribution in [1.82, 2.24) is 4.98 Å². The number of rotatable bonds is 4. The van der Waals surface area contributed by atoms with E-state index in [0.717, 1.165) is 6.07 Å². The molecule has 0 radical (unpaired) electrons. The molecule has 96 valence electrons. The number of pyridine rings is 1. The van der Waals surface area contributed by atoms with E-state index in [4.69, 9.17) is 5.11 Å². The molecule has 0 saturated heterocycles. The minimum absolute atomic E-state index is 0.137. The molecule has 1 heterocycles. The number of aliphatic hydroxyl groups excluding tert-OH is 1. The number of benzene rings is 1. The van der Waals surface area contributed by atoms with E-state index in [-0.39, 0.29) is 5.52 Å². The summed E-state index contributed by atoms with van der Waals surface area (Å²) in [6, 6.07) is 3.72. The molecule has 0 saturated carbocycles. The molecular weight excluding hydrogens is 238 g/mol. The summed E-state index contributed by atoms with van der Waals surface area (Å²) in [6.45, 7) is 2.21. The predicted octanol–water partition coefficient (Wildman–Crippen LogP) is 2.70. The summed E-state index contributed by atoms with van der Waals surface area (Å²) >= 11 is 0. The average molecular weight is 252 g/mol. The van der Waals surface area contributed by atoms with Gasteiger partial charge in [0.1, 0.15) is 11.3 Å². The van der Waals surface area contributed by atoms with Crippen LogP contribution in [-0.2, 0) is 0 Å². The van der Waals surface area contributed by atoms with Crippen molar-refractivity contribution in [2.75, 3.05) is 11.9 Å². The van der Waals surface area contributed by atoms with Gasteiger partial charge in [0.15, 0.2) is 5.82 Å². The topological polar surface area (TPSA) is 45.1 Å². The van der Waals surface area contributed by atoms with Gasteiger partial charge in [-0.1, -0.05) is 0 Å². The summed E-state index contributed by atoms with van der Waals surface area (Å²) < 4.78 is 26.7. The molecule has 3 nitrogen and oxygen atoms in total. The first-order chi connectivity index (χ1) is 8.58. The molecule has 1 atom stereocenters. The highest BCUT2D eigenvalue weighted by atomic mass is 19.1. The number of halogens is 2.